The Morgan fingerprint density at radius 1 is 1.23 bits per heavy atom. The highest BCUT2D eigenvalue weighted by Gasteiger charge is 2.25. The third-order valence-electron chi connectivity index (χ3n) is 2.69. The molecule has 1 aromatic rings. The maximum atomic E-state index is 9.13. The van der Waals surface area contributed by atoms with Crippen molar-refractivity contribution < 1.29 is 9.84 Å². The van der Waals surface area contributed by atoms with Crippen molar-refractivity contribution in [2.24, 2.45) is 5.92 Å². The number of ether oxygens (including phenoxy) is 1. The monoisotopic (exact) mass is 178 g/mol. The zero-order chi connectivity index (χ0) is 9.26. The van der Waals surface area contributed by atoms with Gasteiger partial charge in [-0.05, 0) is 23.6 Å². The summed E-state index contributed by atoms with van der Waals surface area (Å²) in [5.74, 6) is 1.42. The van der Waals surface area contributed by atoms with Gasteiger partial charge in [0.25, 0.3) is 0 Å². The van der Waals surface area contributed by atoms with Gasteiger partial charge in [0.05, 0.1) is 6.61 Å². The second-order valence-electron chi connectivity index (χ2n) is 3.71. The van der Waals surface area contributed by atoms with Gasteiger partial charge in [0, 0.05) is 12.5 Å². The van der Waals surface area contributed by atoms with Crippen molar-refractivity contribution in [1.29, 1.82) is 0 Å². The van der Waals surface area contributed by atoms with Crippen molar-refractivity contribution in [2.45, 2.75) is 12.8 Å². The lowest BCUT2D eigenvalue weighted by Crippen LogP contribution is -2.05. The molecule has 2 heteroatoms. The van der Waals surface area contributed by atoms with Crippen LogP contribution in [0.2, 0.25) is 0 Å². The fourth-order valence-electron chi connectivity index (χ4n) is 1.81. The van der Waals surface area contributed by atoms with Crippen LogP contribution in [0.25, 0.3) is 0 Å². The number of hydrogen-bond donors (Lipinski definition) is 1. The standard InChI is InChI=1S/C11H14O2/c1-8-6-13-7-11(8)9-2-4-10(12)5-3-9/h2-5,8,11-12H,6-7H2,1H3/t8-,11+/m0/s1. The maximum Gasteiger partial charge on any atom is 0.115 e. The molecule has 1 aliphatic rings. The van der Waals surface area contributed by atoms with E-state index >= 15 is 0 Å². The third-order valence-corrected chi connectivity index (χ3v) is 2.69. The SMILES string of the molecule is C[C@H]1COC[C@H]1c1ccc(O)cc1. The topological polar surface area (TPSA) is 29.5 Å². The molecule has 1 fully saturated rings. The number of phenols is 1. The van der Waals surface area contributed by atoms with Gasteiger partial charge in [0.15, 0.2) is 0 Å². The smallest absolute Gasteiger partial charge is 0.115 e. The Hall–Kier alpha value is -1.02. The van der Waals surface area contributed by atoms with E-state index in [0.717, 1.165) is 13.2 Å². The van der Waals surface area contributed by atoms with Gasteiger partial charge in [0.2, 0.25) is 0 Å². The summed E-state index contributed by atoms with van der Waals surface area (Å²) in [5, 5.41) is 9.13. The summed E-state index contributed by atoms with van der Waals surface area (Å²) in [5.41, 5.74) is 1.27. The summed E-state index contributed by atoms with van der Waals surface area (Å²) in [6, 6.07) is 7.43. The normalized spacial score (nSPS) is 27.8. The molecule has 1 saturated heterocycles. The maximum absolute atomic E-state index is 9.13. The van der Waals surface area contributed by atoms with E-state index in [2.05, 4.69) is 6.92 Å². The molecule has 2 nitrogen and oxygen atoms in total. The summed E-state index contributed by atoms with van der Waals surface area (Å²) in [6.45, 7) is 3.86. The predicted molar refractivity (Wildman–Crippen MR) is 50.8 cm³/mol. The molecule has 0 spiro atoms. The lowest BCUT2D eigenvalue weighted by molar-refractivity contribution is 0.186. The molecule has 1 aliphatic heterocycles. The molecule has 0 bridgehead atoms. The number of rotatable bonds is 1. The molecule has 0 aromatic heterocycles. The van der Waals surface area contributed by atoms with Gasteiger partial charge in [-0.15, -0.1) is 0 Å². The predicted octanol–water partition coefficient (Wildman–Crippen LogP) is 2.14. The first-order chi connectivity index (χ1) is 6.27. The molecule has 0 amide bonds. The molecule has 1 N–H and O–H groups in total. The van der Waals surface area contributed by atoms with E-state index in [-0.39, 0.29) is 0 Å². The minimum atomic E-state index is 0.329. The fraction of sp³-hybridized carbons (Fsp3) is 0.455. The fourth-order valence-corrected chi connectivity index (χ4v) is 1.81. The van der Waals surface area contributed by atoms with Gasteiger partial charge in [0.1, 0.15) is 5.75 Å². The van der Waals surface area contributed by atoms with Gasteiger partial charge in [-0.2, -0.15) is 0 Å². The quantitative estimate of drug-likeness (QED) is 0.714. The number of aromatic hydroxyl groups is 1. The van der Waals surface area contributed by atoms with Gasteiger partial charge >= 0.3 is 0 Å². The Kier molecular flexibility index (Phi) is 2.23. The van der Waals surface area contributed by atoms with Crippen molar-refractivity contribution in [3.8, 4) is 5.75 Å². The first-order valence-electron chi connectivity index (χ1n) is 4.64. The van der Waals surface area contributed by atoms with E-state index in [1.807, 2.05) is 12.1 Å². The second kappa shape index (κ2) is 3.38. The Morgan fingerprint density at radius 2 is 1.92 bits per heavy atom. The van der Waals surface area contributed by atoms with Crippen LogP contribution in [0.15, 0.2) is 24.3 Å². The van der Waals surface area contributed by atoms with E-state index in [0.29, 0.717) is 17.6 Å². The molecule has 1 aromatic carbocycles. The van der Waals surface area contributed by atoms with Crippen molar-refractivity contribution in [2.75, 3.05) is 13.2 Å². The van der Waals surface area contributed by atoms with Crippen LogP contribution in [0.5, 0.6) is 5.75 Å². The Labute approximate surface area is 78.2 Å². The van der Waals surface area contributed by atoms with Crippen molar-refractivity contribution >= 4 is 0 Å². The average Bonchev–Trinajstić information content (AvgIpc) is 2.53. The molecule has 2 atom stereocenters. The van der Waals surface area contributed by atoms with Crippen LogP contribution in [0, 0.1) is 5.92 Å². The summed E-state index contributed by atoms with van der Waals surface area (Å²) in [6.07, 6.45) is 0. The van der Waals surface area contributed by atoms with Crippen LogP contribution in [0.4, 0.5) is 0 Å². The highest BCUT2D eigenvalue weighted by molar-refractivity contribution is 5.29. The van der Waals surface area contributed by atoms with Crippen LogP contribution in [0.1, 0.15) is 18.4 Å². The van der Waals surface area contributed by atoms with Gasteiger partial charge < -0.3 is 9.84 Å². The van der Waals surface area contributed by atoms with Crippen molar-refractivity contribution in [3.05, 3.63) is 29.8 Å². The minimum absolute atomic E-state index is 0.329. The molecular formula is C11H14O2. The number of benzene rings is 1. The van der Waals surface area contributed by atoms with Crippen molar-refractivity contribution in [3.63, 3.8) is 0 Å². The second-order valence-corrected chi connectivity index (χ2v) is 3.71. The van der Waals surface area contributed by atoms with E-state index in [9.17, 15) is 0 Å². The molecule has 70 valence electrons. The molecular weight excluding hydrogens is 164 g/mol. The number of phenolic OH excluding ortho intramolecular Hbond substituents is 1. The van der Waals surface area contributed by atoms with Gasteiger partial charge in [-0.3, -0.25) is 0 Å². The van der Waals surface area contributed by atoms with Gasteiger partial charge in [-0.1, -0.05) is 19.1 Å². The summed E-state index contributed by atoms with van der Waals surface area (Å²) >= 11 is 0. The highest BCUT2D eigenvalue weighted by atomic mass is 16.5. The van der Waals surface area contributed by atoms with Crippen molar-refractivity contribution in [1.82, 2.24) is 0 Å². The largest absolute Gasteiger partial charge is 0.508 e. The summed E-state index contributed by atoms with van der Waals surface area (Å²) < 4.78 is 5.39. The van der Waals surface area contributed by atoms with E-state index < -0.39 is 0 Å². The Morgan fingerprint density at radius 3 is 2.46 bits per heavy atom. The minimum Gasteiger partial charge on any atom is -0.508 e. The zero-order valence-corrected chi connectivity index (χ0v) is 7.73. The molecule has 0 radical (unpaired) electrons. The molecule has 13 heavy (non-hydrogen) atoms. The molecule has 2 rings (SSSR count). The molecule has 1 heterocycles. The van der Waals surface area contributed by atoms with E-state index in [4.69, 9.17) is 9.84 Å². The van der Waals surface area contributed by atoms with Crippen LogP contribution < -0.4 is 0 Å². The highest BCUT2D eigenvalue weighted by Crippen LogP contribution is 2.30. The first-order valence-corrected chi connectivity index (χ1v) is 4.64. The van der Waals surface area contributed by atoms with E-state index in [1.54, 1.807) is 12.1 Å². The average molecular weight is 178 g/mol. The lowest BCUT2D eigenvalue weighted by atomic mass is 9.90. The molecule has 0 saturated carbocycles. The summed E-state index contributed by atoms with van der Waals surface area (Å²) in [4.78, 5) is 0. The Balaban J connectivity index is 2.20. The molecule has 0 aliphatic carbocycles. The van der Waals surface area contributed by atoms with Crippen LogP contribution >= 0.6 is 0 Å². The molecule has 0 unspecified atom stereocenters. The third kappa shape index (κ3) is 1.68. The zero-order valence-electron chi connectivity index (χ0n) is 7.73. The number of hydrogen-bond acceptors (Lipinski definition) is 2. The first kappa shape index (κ1) is 8.57. The summed E-state index contributed by atoms with van der Waals surface area (Å²) in [7, 11) is 0. The van der Waals surface area contributed by atoms with Crippen LogP contribution in [-0.2, 0) is 4.74 Å². The Bertz CT molecular complexity index is 279. The van der Waals surface area contributed by atoms with Crippen LogP contribution in [0.3, 0.4) is 0 Å². The van der Waals surface area contributed by atoms with Gasteiger partial charge in [-0.25, -0.2) is 0 Å². The van der Waals surface area contributed by atoms with E-state index in [1.165, 1.54) is 5.56 Å². The lowest BCUT2D eigenvalue weighted by Gasteiger charge is -2.12. The van der Waals surface area contributed by atoms with Crippen LogP contribution in [-0.4, -0.2) is 18.3 Å².